The van der Waals surface area contributed by atoms with Gasteiger partial charge in [0.25, 0.3) is 0 Å². The number of nitrogens with two attached hydrogens (primary N) is 1. The number of hydrogen-bond donors (Lipinski definition) is 1. The van der Waals surface area contributed by atoms with Gasteiger partial charge in [-0.3, -0.25) is 0 Å². The van der Waals surface area contributed by atoms with Crippen molar-refractivity contribution in [2.75, 3.05) is 7.11 Å². The fourth-order valence-electron chi connectivity index (χ4n) is 1.40. The first kappa shape index (κ1) is 14.9. The summed E-state index contributed by atoms with van der Waals surface area (Å²) in [5.74, 6) is -0.145. The molecular weight excluding hydrogens is 229 g/mol. The first-order valence-corrected chi connectivity index (χ1v) is 4.78. The van der Waals surface area contributed by atoms with Gasteiger partial charge in [-0.2, -0.15) is 0 Å². The van der Waals surface area contributed by atoms with E-state index < -0.39 is 0 Å². The molecule has 1 rings (SSSR count). The Balaban J connectivity index is 0.00000225. The van der Waals surface area contributed by atoms with E-state index in [2.05, 4.69) is 6.58 Å². The molecule has 0 aliphatic carbocycles. The van der Waals surface area contributed by atoms with E-state index in [1.54, 1.807) is 12.1 Å². The van der Waals surface area contributed by atoms with Gasteiger partial charge in [-0.1, -0.05) is 11.6 Å². The van der Waals surface area contributed by atoms with Crippen molar-refractivity contribution in [1.29, 1.82) is 0 Å². The Morgan fingerprint density at radius 1 is 1.56 bits per heavy atom. The van der Waals surface area contributed by atoms with Crippen LogP contribution in [0.15, 0.2) is 30.4 Å². The Kier molecular flexibility index (Phi) is 6.08. The highest BCUT2D eigenvalue weighted by Crippen LogP contribution is 2.24. The lowest BCUT2D eigenvalue weighted by atomic mass is 10.0. The Labute approximate surface area is 102 Å². The van der Waals surface area contributed by atoms with Gasteiger partial charge < -0.3 is 10.5 Å². The highest BCUT2D eigenvalue weighted by molar-refractivity contribution is 5.85. The summed E-state index contributed by atoms with van der Waals surface area (Å²) in [7, 11) is 1.44. The molecule has 2 nitrogen and oxygen atoms in total. The lowest BCUT2D eigenvalue weighted by Crippen LogP contribution is -2.10. The van der Waals surface area contributed by atoms with Crippen molar-refractivity contribution in [2.45, 2.75) is 19.4 Å². The number of methoxy groups -OCH3 is 1. The van der Waals surface area contributed by atoms with Crippen LogP contribution in [0.1, 0.15) is 24.9 Å². The third-order valence-corrected chi connectivity index (χ3v) is 2.17. The third kappa shape index (κ3) is 3.83. The van der Waals surface area contributed by atoms with Crippen molar-refractivity contribution in [3.05, 3.63) is 41.7 Å². The molecule has 0 bridgehead atoms. The summed E-state index contributed by atoms with van der Waals surface area (Å²) >= 11 is 0. The molecule has 0 aromatic heterocycles. The van der Waals surface area contributed by atoms with Crippen molar-refractivity contribution in [3.8, 4) is 5.75 Å². The molecule has 1 aromatic rings. The summed E-state index contributed by atoms with van der Waals surface area (Å²) in [6.45, 7) is 5.71. The van der Waals surface area contributed by atoms with Crippen LogP contribution in [0.5, 0.6) is 5.75 Å². The Morgan fingerprint density at radius 2 is 2.19 bits per heavy atom. The maximum atomic E-state index is 13.1. The molecule has 0 heterocycles. The van der Waals surface area contributed by atoms with Crippen LogP contribution in [0.3, 0.4) is 0 Å². The maximum absolute atomic E-state index is 13.1. The first-order chi connectivity index (χ1) is 7.04. The van der Waals surface area contributed by atoms with Crippen molar-refractivity contribution < 1.29 is 9.13 Å². The highest BCUT2D eigenvalue weighted by atomic mass is 35.5. The van der Waals surface area contributed by atoms with Crippen LogP contribution >= 0.6 is 12.4 Å². The number of ether oxygens (including phenoxy) is 1. The van der Waals surface area contributed by atoms with Crippen LogP contribution in [0, 0.1) is 5.82 Å². The summed E-state index contributed by atoms with van der Waals surface area (Å²) < 4.78 is 18.0. The molecular formula is C12H17ClFNO. The van der Waals surface area contributed by atoms with Crippen molar-refractivity contribution >= 4 is 12.4 Å². The van der Waals surface area contributed by atoms with Gasteiger partial charge in [-0.25, -0.2) is 4.39 Å². The summed E-state index contributed by atoms with van der Waals surface area (Å²) in [4.78, 5) is 0. The lowest BCUT2D eigenvalue weighted by molar-refractivity contribution is 0.385. The zero-order valence-electron chi connectivity index (χ0n) is 9.50. The van der Waals surface area contributed by atoms with Crippen LogP contribution in [0.4, 0.5) is 4.39 Å². The second-order valence-corrected chi connectivity index (χ2v) is 3.66. The number of rotatable bonds is 4. The van der Waals surface area contributed by atoms with Crippen LogP contribution in [0.25, 0.3) is 0 Å². The molecule has 90 valence electrons. The average molecular weight is 246 g/mol. The second kappa shape index (κ2) is 6.51. The number of hydrogen-bond acceptors (Lipinski definition) is 2. The molecule has 0 radical (unpaired) electrons. The molecule has 1 aromatic carbocycles. The monoisotopic (exact) mass is 245 g/mol. The molecule has 0 aliphatic heterocycles. The van der Waals surface area contributed by atoms with Crippen LogP contribution < -0.4 is 10.5 Å². The van der Waals surface area contributed by atoms with Gasteiger partial charge in [0.1, 0.15) is 0 Å². The second-order valence-electron chi connectivity index (χ2n) is 3.66. The van der Waals surface area contributed by atoms with E-state index in [1.807, 2.05) is 6.92 Å². The summed E-state index contributed by atoms with van der Waals surface area (Å²) in [5.41, 5.74) is 7.79. The van der Waals surface area contributed by atoms with Gasteiger partial charge in [-0.05, 0) is 31.0 Å². The van der Waals surface area contributed by atoms with Gasteiger partial charge in [0, 0.05) is 6.04 Å². The SMILES string of the molecule is C=C(C)C[C@@H](N)c1ccc(F)c(OC)c1.Cl. The van der Waals surface area contributed by atoms with E-state index in [9.17, 15) is 4.39 Å². The molecule has 0 aliphatic rings. The minimum atomic E-state index is -0.372. The molecule has 1 atom stereocenters. The van der Waals surface area contributed by atoms with Crippen molar-refractivity contribution in [1.82, 2.24) is 0 Å². The summed E-state index contributed by atoms with van der Waals surface area (Å²) in [6.07, 6.45) is 0.689. The van der Waals surface area contributed by atoms with Crippen LogP contribution in [-0.4, -0.2) is 7.11 Å². The predicted octanol–water partition coefficient (Wildman–Crippen LogP) is 3.22. The molecule has 0 spiro atoms. The van der Waals surface area contributed by atoms with Gasteiger partial charge in [-0.15, -0.1) is 19.0 Å². The van der Waals surface area contributed by atoms with E-state index in [1.165, 1.54) is 13.2 Å². The van der Waals surface area contributed by atoms with E-state index in [0.29, 0.717) is 6.42 Å². The zero-order valence-corrected chi connectivity index (χ0v) is 10.3. The summed E-state index contributed by atoms with van der Waals surface area (Å²) in [5, 5.41) is 0. The smallest absolute Gasteiger partial charge is 0.165 e. The molecule has 0 saturated carbocycles. The van der Waals surface area contributed by atoms with E-state index in [4.69, 9.17) is 10.5 Å². The molecule has 0 saturated heterocycles. The van der Waals surface area contributed by atoms with E-state index in [-0.39, 0.29) is 30.0 Å². The van der Waals surface area contributed by atoms with Gasteiger partial charge in [0.15, 0.2) is 11.6 Å². The Bertz CT molecular complexity index is 368. The largest absolute Gasteiger partial charge is 0.494 e. The van der Waals surface area contributed by atoms with Gasteiger partial charge in [0.2, 0.25) is 0 Å². The molecule has 4 heteroatoms. The van der Waals surface area contributed by atoms with Crippen LogP contribution in [-0.2, 0) is 0 Å². The van der Waals surface area contributed by atoms with Gasteiger partial charge >= 0.3 is 0 Å². The highest BCUT2D eigenvalue weighted by Gasteiger charge is 2.09. The number of benzene rings is 1. The maximum Gasteiger partial charge on any atom is 0.165 e. The third-order valence-electron chi connectivity index (χ3n) is 2.17. The zero-order chi connectivity index (χ0) is 11.4. The topological polar surface area (TPSA) is 35.2 Å². The number of halogens is 2. The minimum Gasteiger partial charge on any atom is -0.494 e. The Hall–Kier alpha value is -1.06. The Morgan fingerprint density at radius 3 is 2.69 bits per heavy atom. The average Bonchev–Trinajstić information content (AvgIpc) is 2.17. The minimum absolute atomic E-state index is 0. The molecule has 0 unspecified atom stereocenters. The molecule has 16 heavy (non-hydrogen) atoms. The van der Waals surface area contributed by atoms with E-state index in [0.717, 1.165) is 11.1 Å². The van der Waals surface area contributed by atoms with Crippen molar-refractivity contribution in [3.63, 3.8) is 0 Å². The fourth-order valence-corrected chi connectivity index (χ4v) is 1.40. The predicted molar refractivity (Wildman–Crippen MR) is 66.6 cm³/mol. The standard InChI is InChI=1S/C12H16FNO.ClH/c1-8(2)6-11(14)9-4-5-10(13)12(7-9)15-3;/h4-5,7,11H,1,6,14H2,2-3H3;1H/t11-;/m1./s1. The van der Waals surface area contributed by atoms with E-state index >= 15 is 0 Å². The van der Waals surface area contributed by atoms with Gasteiger partial charge in [0.05, 0.1) is 7.11 Å². The quantitative estimate of drug-likeness (QED) is 0.827. The molecule has 2 N–H and O–H groups in total. The summed E-state index contributed by atoms with van der Waals surface area (Å²) in [6, 6.07) is 4.51. The molecule has 0 fully saturated rings. The normalized spacial score (nSPS) is 11.5. The lowest BCUT2D eigenvalue weighted by Gasteiger charge is -2.13. The fraction of sp³-hybridized carbons (Fsp3) is 0.333. The van der Waals surface area contributed by atoms with Crippen molar-refractivity contribution in [2.24, 2.45) is 5.73 Å². The first-order valence-electron chi connectivity index (χ1n) is 4.78. The van der Waals surface area contributed by atoms with Crippen LogP contribution in [0.2, 0.25) is 0 Å². The molecule has 0 amide bonds.